The van der Waals surface area contributed by atoms with Crippen LogP contribution in [0.25, 0.3) is 11.2 Å². The summed E-state index contributed by atoms with van der Waals surface area (Å²) < 4.78 is 50.6. The number of rotatable bonds is 8. The van der Waals surface area contributed by atoms with Gasteiger partial charge in [-0.2, -0.15) is 13.2 Å². The highest BCUT2D eigenvalue weighted by molar-refractivity contribution is 7.09. The summed E-state index contributed by atoms with van der Waals surface area (Å²) in [5.74, 6) is 1.01. The monoisotopic (exact) mass is 584 g/mol. The summed E-state index contributed by atoms with van der Waals surface area (Å²) in [6.45, 7) is 4.69. The molecule has 1 aliphatic heterocycles. The molecule has 41 heavy (non-hydrogen) atoms. The number of methoxy groups -OCH3 is 1. The van der Waals surface area contributed by atoms with Crippen LogP contribution in [0, 0.1) is 11.8 Å². The molecule has 4 heterocycles. The number of imidazole rings is 1. The standard InChI is InChI=1S/C31H35F3N4O2S/c1-20-6-5-11-36(14-20)15-21-12-26(31(32,33)34)27-17-37(30(39)38(27)16-21)25-10-4-9-23(13-25)28(22-7-3-8-22)29-35-24(18-40-2)19-41-29/h4,9-10,12-13,16-17,19-20,22,28H,3,5-8,11,14-15,18H2,1-2H3/t20-,28+/m0/s1. The number of fused-ring (bicyclic) bond motifs is 1. The van der Waals surface area contributed by atoms with Crippen molar-refractivity contribution in [2.75, 3.05) is 20.2 Å². The van der Waals surface area contributed by atoms with Crippen molar-refractivity contribution in [3.63, 3.8) is 0 Å². The minimum absolute atomic E-state index is 0.0660. The van der Waals surface area contributed by atoms with E-state index in [0.717, 1.165) is 55.0 Å². The van der Waals surface area contributed by atoms with Crippen molar-refractivity contribution in [1.29, 1.82) is 0 Å². The fraction of sp³-hybridized carbons (Fsp3) is 0.484. The minimum atomic E-state index is -4.59. The van der Waals surface area contributed by atoms with Gasteiger partial charge in [0, 0.05) is 43.9 Å². The largest absolute Gasteiger partial charge is 0.418 e. The molecule has 1 saturated heterocycles. The second-order valence-corrected chi connectivity index (χ2v) is 12.5. The van der Waals surface area contributed by atoms with Crippen LogP contribution < -0.4 is 5.69 Å². The maximum Gasteiger partial charge on any atom is 0.418 e. The molecule has 2 atom stereocenters. The first-order valence-corrected chi connectivity index (χ1v) is 15.2. The number of hydrogen-bond acceptors (Lipinski definition) is 5. The van der Waals surface area contributed by atoms with Crippen molar-refractivity contribution in [3.8, 4) is 5.69 Å². The lowest BCUT2D eigenvalue weighted by atomic mass is 9.73. The van der Waals surface area contributed by atoms with Crippen LogP contribution in [0.15, 0.2) is 52.9 Å². The van der Waals surface area contributed by atoms with E-state index in [2.05, 4.69) is 11.8 Å². The molecule has 0 N–H and O–H groups in total. The molecule has 4 aromatic rings. The molecule has 10 heteroatoms. The maximum atomic E-state index is 14.3. The molecule has 0 amide bonds. The Bertz CT molecular complexity index is 1590. The smallest absolute Gasteiger partial charge is 0.378 e. The second kappa shape index (κ2) is 11.4. The average molecular weight is 585 g/mol. The molecule has 6 rings (SSSR count). The van der Waals surface area contributed by atoms with Gasteiger partial charge in [-0.3, -0.25) is 13.9 Å². The lowest BCUT2D eigenvalue weighted by Gasteiger charge is -2.33. The maximum absolute atomic E-state index is 14.3. The molecular weight excluding hydrogens is 549 g/mol. The van der Waals surface area contributed by atoms with Gasteiger partial charge in [0.25, 0.3) is 0 Å². The number of likely N-dealkylation sites (tertiary alicyclic amines) is 1. The van der Waals surface area contributed by atoms with Gasteiger partial charge in [-0.15, -0.1) is 11.3 Å². The van der Waals surface area contributed by atoms with Gasteiger partial charge in [0.05, 0.1) is 29.1 Å². The number of alkyl halides is 3. The van der Waals surface area contributed by atoms with Gasteiger partial charge in [0.2, 0.25) is 0 Å². The van der Waals surface area contributed by atoms with E-state index in [-0.39, 0.29) is 11.4 Å². The van der Waals surface area contributed by atoms with Crippen molar-refractivity contribution >= 4 is 16.9 Å². The Morgan fingerprint density at radius 3 is 2.68 bits per heavy atom. The Kier molecular flexibility index (Phi) is 7.82. The van der Waals surface area contributed by atoms with Crippen LogP contribution in [0.4, 0.5) is 13.2 Å². The van der Waals surface area contributed by atoms with Crippen LogP contribution >= 0.6 is 11.3 Å². The van der Waals surface area contributed by atoms with Crippen molar-refractivity contribution in [2.45, 2.75) is 64.3 Å². The molecular formula is C31H35F3N4O2S. The van der Waals surface area contributed by atoms with E-state index in [1.807, 2.05) is 23.6 Å². The molecule has 0 radical (unpaired) electrons. The highest BCUT2D eigenvalue weighted by Gasteiger charge is 2.35. The van der Waals surface area contributed by atoms with Crippen molar-refractivity contribution in [1.82, 2.24) is 18.9 Å². The van der Waals surface area contributed by atoms with E-state index >= 15 is 0 Å². The summed E-state index contributed by atoms with van der Waals surface area (Å²) in [5, 5.41) is 3.02. The topological polar surface area (TPSA) is 51.8 Å². The normalized spacial score (nSPS) is 19.5. The quantitative estimate of drug-likeness (QED) is 0.227. The first-order chi connectivity index (χ1) is 19.7. The van der Waals surface area contributed by atoms with Crippen LogP contribution in [-0.2, 0) is 24.1 Å². The van der Waals surface area contributed by atoms with E-state index < -0.39 is 17.4 Å². The van der Waals surface area contributed by atoms with Crippen LogP contribution in [0.2, 0.25) is 0 Å². The van der Waals surface area contributed by atoms with Crippen LogP contribution in [0.3, 0.4) is 0 Å². The Morgan fingerprint density at radius 1 is 1.15 bits per heavy atom. The van der Waals surface area contributed by atoms with Gasteiger partial charge in [-0.1, -0.05) is 25.5 Å². The van der Waals surface area contributed by atoms with Gasteiger partial charge in [0.1, 0.15) is 5.01 Å². The third kappa shape index (κ3) is 5.74. The zero-order valence-corrected chi connectivity index (χ0v) is 24.2. The van der Waals surface area contributed by atoms with Gasteiger partial charge >= 0.3 is 11.9 Å². The lowest BCUT2D eigenvalue weighted by molar-refractivity contribution is -0.136. The highest BCUT2D eigenvalue weighted by Crippen LogP contribution is 2.44. The number of thiazole rings is 1. The number of benzene rings is 1. The number of piperidine rings is 1. The predicted molar refractivity (Wildman–Crippen MR) is 154 cm³/mol. The molecule has 1 saturated carbocycles. The van der Waals surface area contributed by atoms with Crippen molar-refractivity contribution < 1.29 is 17.9 Å². The summed E-state index contributed by atoms with van der Waals surface area (Å²) in [4.78, 5) is 20.7. The molecule has 0 spiro atoms. The molecule has 0 bridgehead atoms. The molecule has 6 nitrogen and oxygen atoms in total. The molecule has 2 aliphatic rings. The first-order valence-electron chi connectivity index (χ1n) is 14.3. The van der Waals surface area contributed by atoms with E-state index in [4.69, 9.17) is 9.72 Å². The Hall–Kier alpha value is -2.95. The van der Waals surface area contributed by atoms with Gasteiger partial charge in [-0.25, -0.2) is 9.78 Å². The molecule has 3 aromatic heterocycles. The summed E-state index contributed by atoms with van der Waals surface area (Å²) in [5.41, 5.74) is 1.52. The SMILES string of the molecule is COCc1csc([C@@H](c2cccc(-n3cc4c(C(F)(F)F)cc(CN5CCC[C@H](C)C5)cn4c3=O)c2)C2CCC2)n1. The molecule has 1 aromatic carbocycles. The van der Waals surface area contributed by atoms with Crippen LogP contribution in [0.1, 0.15) is 72.3 Å². The zero-order valence-electron chi connectivity index (χ0n) is 23.4. The lowest BCUT2D eigenvalue weighted by Crippen LogP contribution is -2.34. The third-order valence-corrected chi connectivity index (χ3v) is 9.51. The second-order valence-electron chi connectivity index (χ2n) is 11.7. The summed E-state index contributed by atoms with van der Waals surface area (Å²) in [7, 11) is 1.65. The average Bonchev–Trinajstić information content (AvgIpc) is 3.50. The van der Waals surface area contributed by atoms with E-state index in [1.165, 1.54) is 27.7 Å². The number of halogens is 3. The summed E-state index contributed by atoms with van der Waals surface area (Å²) in [6.07, 6.45) is 3.83. The predicted octanol–water partition coefficient (Wildman–Crippen LogP) is 6.88. The Morgan fingerprint density at radius 2 is 1.98 bits per heavy atom. The van der Waals surface area contributed by atoms with Gasteiger partial charge in [0.15, 0.2) is 0 Å². The summed E-state index contributed by atoms with van der Waals surface area (Å²) in [6, 6.07) is 8.83. The third-order valence-electron chi connectivity index (χ3n) is 8.53. The number of hydrogen-bond donors (Lipinski definition) is 0. The fourth-order valence-electron chi connectivity index (χ4n) is 6.37. The Labute approximate surface area is 241 Å². The van der Waals surface area contributed by atoms with Crippen molar-refractivity contribution in [3.05, 3.63) is 86.0 Å². The van der Waals surface area contributed by atoms with E-state index in [0.29, 0.717) is 36.2 Å². The molecule has 2 fully saturated rings. The number of nitrogens with zero attached hydrogens (tertiary/aromatic N) is 4. The Balaban J connectivity index is 1.40. The highest BCUT2D eigenvalue weighted by atomic mass is 32.1. The molecule has 218 valence electrons. The molecule has 0 unspecified atom stereocenters. The number of aromatic nitrogens is 3. The minimum Gasteiger partial charge on any atom is -0.378 e. The van der Waals surface area contributed by atoms with Crippen molar-refractivity contribution in [2.24, 2.45) is 11.8 Å². The van der Waals surface area contributed by atoms with E-state index in [1.54, 1.807) is 30.7 Å². The summed E-state index contributed by atoms with van der Waals surface area (Å²) >= 11 is 1.61. The van der Waals surface area contributed by atoms with Crippen LogP contribution in [0.5, 0.6) is 0 Å². The fourth-order valence-corrected chi connectivity index (χ4v) is 7.39. The zero-order chi connectivity index (χ0) is 28.7. The number of pyridine rings is 1. The first kappa shape index (κ1) is 28.2. The van der Waals surface area contributed by atoms with Gasteiger partial charge < -0.3 is 4.74 Å². The molecule has 1 aliphatic carbocycles. The van der Waals surface area contributed by atoms with Crippen LogP contribution in [-0.4, -0.2) is 39.1 Å². The van der Waals surface area contributed by atoms with E-state index in [9.17, 15) is 18.0 Å². The van der Waals surface area contributed by atoms with Gasteiger partial charge in [-0.05, 0) is 73.4 Å². The number of ether oxygens (including phenoxy) is 1.